The van der Waals surface area contributed by atoms with Crippen molar-refractivity contribution < 1.29 is 32.6 Å². The maximum atomic E-state index is 12.3. The van der Waals surface area contributed by atoms with Gasteiger partial charge < -0.3 is 15.2 Å². The summed E-state index contributed by atoms with van der Waals surface area (Å²) in [5.74, 6) is -2.59. The normalized spacial score (nSPS) is 24.4. The van der Waals surface area contributed by atoms with Crippen LogP contribution in [0.2, 0.25) is 0 Å². The summed E-state index contributed by atoms with van der Waals surface area (Å²) in [6.45, 7) is 6.72. The average molecular weight is 402 g/mol. The van der Waals surface area contributed by atoms with Crippen LogP contribution in [0, 0.1) is 5.92 Å². The first kappa shape index (κ1) is 22.2. The van der Waals surface area contributed by atoms with E-state index in [1.165, 1.54) is 5.56 Å². The molecule has 6 nitrogen and oxygen atoms in total. The van der Waals surface area contributed by atoms with Crippen molar-refractivity contribution >= 4 is 11.9 Å². The van der Waals surface area contributed by atoms with Crippen LogP contribution >= 0.6 is 0 Å². The number of carbonyl (C=O) groups is 2. The number of halogens is 3. The summed E-state index contributed by atoms with van der Waals surface area (Å²) < 4.78 is 37.7. The fraction of sp³-hybridized carbons (Fsp3) is 0.579. The summed E-state index contributed by atoms with van der Waals surface area (Å²) in [6, 6.07) is 10.7. The molecular formula is C19H25F3N2O4. The van der Waals surface area contributed by atoms with Crippen molar-refractivity contribution in [2.24, 2.45) is 5.92 Å². The second kappa shape index (κ2) is 9.38. The number of morpholine rings is 1. The molecule has 2 heterocycles. The van der Waals surface area contributed by atoms with E-state index in [4.69, 9.17) is 14.6 Å². The Morgan fingerprint density at radius 2 is 1.86 bits per heavy atom. The zero-order valence-corrected chi connectivity index (χ0v) is 15.8. The minimum atomic E-state index is -5.08. The molecule has 0 saturated carbocycles. The monoisotopic (exact) mass is 402 g/mol. The summed E-state index contributed by atoms with van der Waals surface area (Å²) in [7, 11) is 0. The zero-order valence-electron chi connectivity index (χ0n) is 15.8. The number of hydrogen-bond donors (Lipinski definition) is 2. The van der Waals surface area contributed by atoms with Crippen LogP contribution < -0.4 is 5.32 Å². The highest BCUT2D eigenvalue weighted by Gasteiger charge is 2.44. The number of nitrogens with one attached hydrogen (secondary N) is 1. The smallest absolute Gasteiger partial charge is 0.475 e. The van der Waals surface area contributed by atoms with Gasteiger partial charge in [-0.1, -0.05) is 30.3 Å². The van der Waals surface area contributed by atoms with Gasteiger partial charge >= 0.3 is 12.1 Å². The molecule has 0 aliphatic carbocycles. The van der Waals surface area contributed by atoms with Crippen LogP contribution in [0.15, 0.2) is 30.3 Å². The number of aliphatic carboxylic acids is 1. The molecule has 2 N–H and O–H groups in total. The van der Waals surface area contributed by atoms with E-state index in [0.29, 0.717) is 0 Å². The summed E-state index contributed by atoms with van der Waals surface area (Å²) in [5, 5.41) is 10.1. The predicted octanol–water partition coefficient (Wildman–Crippen LogP) is 2.43. The third kappa shape index (κ3) is 6.49. The highest BCUT2D eigenvalue weighted by Crippen LogP contribution is 2.32. The van der Waals surface area contributed by atoms with Crippen molar-refractivity contribution in [1.29, 1.82) is 0 Å². The third-order valence-corrected chi connectivity index (χ3v) is 4.49. The molecule has 3 atom stereocenters. The minimum absolute atomic E-state index is 0.0122. The number of fused-ring (bicyclic) bond motifs is 2. The van der Waals surface area contributed by atoms with Crippen molar-refractivity contribution in [1.82, 2.24) is 10.2 Å². The SMILES string of the molecule is CC(C)NC(=O)[C@H]1C[C@@H]2CN(Cc3ccccc3)C[C@H]1O2.O=C(O)C(F)(F)F. The van der Waals surface area contributed by atoms with Gasteiger partial charge in [0.1, 0.15) is 0 Å². The minimum Gasteiger partial charge on any atom is -0.475 e. The maximum absolute atomic E-state index is 12.3. The quantitative estimate of drug-likeness (QED) is 0.809. The summed E-state index contributed by atoms with van der Waals surface area (Å²) >= 11 is 0. The van der Waals surface area contributed by atoms with E-state index in [1.54, 1.807) is 0 Å². The van der Waals surface area contributed by atoms with Crippen LogP contribution in [0.25, 0.3) is 0 Å². The molecule has 28 heavy (non-hydrogen) atoms. The van der Waals surface area contributed by atoms with E-state index < -0.39 is 12.1 Å². The molecule has 0 unspecified atom stereocenters. The van der Waals surface area contributed by atoms with E-state index in [0.717, 1.165) is 26.1 Å². The Hall–Kier alpha value is -2.13. The number of alkyl halides is 3. The Kier molecular flexibility index (Phi) is 7.42. The van der Waals surface area contributed by atoms with Gasteiger partial charge in [0.05, 0.1) is 18.1 Å². The fourth-order valence-corrected chi connectivity index (χ4v) is 3.38. The number of carbonyl (C=O) groups excluding carboxylic acids is 1. The lowest BCUT2D eigenvalue weighted by atomic mass is 9.99. The molecule has 0 spiro atoms. The zero-order chi connectivity index (χ0) is 20.9. The van der Waals surface area contributed by atoms with Crippen molar-refractivity contribution in [3.63, 3.8) is 0 Å². The van der Waals surface area contributed by atoms with E-state index in [2.05, 4.69) is 34.5 Å². The lowest BCUT2D eigenvalue weighted by molar-refractivity contribution is -0.192. The van der Waals surface area contributed by atoms with Gasteiger partial charge in [-0.2, -0.15) is 13.2 Å². The first-order valence-corrected chi connectivity index (χ1v) is 9.08. The van der Waals surface area contributed by atoms with Crippen LogP contribution in [0.4, 0.5) is 13.2 Å². The second-order valence-corrected chi connectivity index (χ2v) is 7.28. The van der Waals surface area contributed by atoms with Gasteiger partial charge in [-0.05, 0) is 25.8 Å². The second-order valence-electron chi connectivity index (χ2n) is 7.28. The van der Waals surface area contributed by atoms with Gasteiger partial charge in [-0.15, -0.1) is 0 Å². The highest BCUT2D eigenvalue weighted by molar-refractivity contribution is 5.80. The fourth-order valence-electron chi connectivity index (χ4n) is 3.38. The molecule has 1 aromatic rings. The van der Waals surface area contributed by atoms with E-state index in [1.807, 2.05) is 19.9 Å². The Morgan fingerprint density at radius 1 is 1.25 bits per heavy atom. The van der Waals surface area contributed by atoms with Gasteiger partial charge in [0.2, 0.25) is 5.91 Å². The molecule has 2 saturated heterocycles. The number of hydrogen-bond acceptors (Lipinski definition) is 4. The molecule has 9 heteroatoms. The summed E-state index contributed by atoms with van der Waals surface area (Å²) in [5.41, 5.74) is 1.32. The molecule has 2 aliphatic rings. The lowest BCUT2D eigenvalue weighted by Crippen LogP contribution is -2.45. The molecule has 156 valence electrons. The lowest BCUT2D eigenvalue weighted by Gasteiger charge is -2.32. The number of rotatable bonds is 4. The number of benzene rings is 1. The van der Waals surface area contributed by atoms with Crippen LogP contribution in [0.1, 0.15) is 25.8 Å². The Morgan fingerprint density at radius 3 is 2.39 bits per heavy atom. The van der Waals surface area contributed by atoms with Gasteiger partial charge in [0.15, 0.2) is 0 Å². The van der Waals surface area contributed by atoms with Crippen molar-refractivity contribution in [2.75, 3.05) is 13.1 Å². The molecule has 0 aromatic heterocycles. The number of carboxylic acids is 1. The number of ether oxygens (including phenoxy) is 1. The standard InChI is InChI=1S/C17H24N2O2.C2HF3O2/c1-12(2)18-17(20)15-8-14-10-19(11-16(15)21-14)9-13-6-4-3-5-7-13;3-2(4,5)1(6)7/h3-7,12,14-16H,8-11H2,1-2H3,(H,18,20);(H,6,7)/t14-,15+,16-;/m1./s1. The molecule has 3 rings (SSSR count). The molecule has 2 fully saturated rings. The molecule has 2 bridgehead atoms. The third-order valence-electron chi connectivity index (χ3n) is 4.49. The number of likely N-dealkylation sites (tertiary alicyclic amines) is 1. The van der Waals surface area contributed by atoms with E-state index in [-0.39, 0.29) is 30.1 Å². The Labute approximate surface area is 161 Å². The van der Waals surface area contributed by atoms with Crippen LogP contribution in [0.5, 0.6) is 0 Å². The van der Waals surface area contributed by atoms with Crippen LogP contribution in [-0.2, 0) is 20.9 Å². The van der Waals surface area contributed by atoms with Crippen molar-refractivity contribution in [3.8, 4) is 0 Å². The van der Waals surface area contributed by atoms with Gasteiger partial charge in [0, 0.05) is 25.7 Å². The van der Waals surface area contributed by atoms with Crippen molar-refractivity contribution in [2.45, 2.75) is 51.2 Å². The predicted molar refractivity (Wildman–Crippen MR) is 95.5 cm³/mol. The van der Waals surface area contributed by atoms with Crippen LogP contribution in [0.3, 0.4) is 0 Å². The first-order chi connectivity index (χ1) is 13.1. The summed E-state index contributed by atoms with van der Waals surface area (Å²) in [4.78, 5) is 23.6. The number of carboxylic acid groups (broad SMARTS) is 1. The first-order valence-electron chi connectivity index (χ1n) is 9.08. The van der Waals surface area contributed by atoms with Gasteiger partial charge in [0.25, 0.3) is 0 Å². The van der Waals surface area contributed by atoms with Gasteiger partial charge in [-0.25, -0.2) is 4.79 Å². The summed E-state index contributed by atoms with van der Waals surface area (Å²) in [6.07, 6.45) is -3.98. The highest BCUT2D eigenvalue weighted by atomic mass is 19.4. The number of nitrogens with zero attached hydrogens (tertiary/aromatic N) is 1. The molecule has 1 amide bonds. The molecular weight excluding hydrogens is 377 g/mol. The number of amides is 1. The van der Waals surface area contributed by atoms with E-state index >= 15 is 0 Å². The van der Waals surface area contributed by atoms with Gasteiger partial charge in [-0.3, -0.25) is 9.69 Å². The average Bonchev–Trinajstić information content (AvgIpc) is 2.89. The Bertz CT molecular complexity index is 667. The Balaban J connectivity index is 0.000000345. The molecule has 0 radical (unpaired) electrons. The van der Waals surface area contributed by atoms with Crippen LogP contribution in [-0.4, -0.2) is 59.4 Å². The van der Waals surface area contributed by atoms with Crippen molar-refractivity contribution in [3.05, 3.63) is 35.9 Å². The maximum Gasteiger partial charge on any atom is 0.490 e. The largest absolute Gasteiger partial charge is 0.490 e. The molecule has 2 aliphatic heterocycles. The van der Waals surface area contributed by atoms with E-state index in [9.17, 15) is 18.0 Å². The topological polar surface area (TPSA) is 78.9 Å². The molecule has 1 aromatic carbocycles.